The Hall–Kier alpha value is -3.34. The van der Waals surface area contributed by atoms with Gasteiger partial charge >= 0.3 is 0 Å². The van der Waals surface area contributed by atoms with Crippen LogP contribution in [0.15, 0.2) is 48.5 Å². The number of hydrogen-bond acceptors (Lipinski definition) is 4. The van der Waals surface area contributed by atoms with Gasteiger partial charge in [-0.05, 0) is 48.2 Å². The van der Waals surface area contributed by atoms with Crippen LogP contribution in [0.5, 0.6) is 11.5 Å². The summed E-state index contributed by atoms with van der Waals surface area (Å²) in [4.78, 5) is 28.5. The van der Waals surface area contributed by atoms with Gasteiger partial charge in [-0.3, -0.25) is 9.59 Å². The maximum atomic E-state index is 13.4. The van der Waals surface area contributed by atoms with Crippen molar-refractivity contribution in [2.45, 2.75) is 46.1 Å². The van der Waals surface area contributed by atoms with Crippen LogP contribution in [-0.2, 0) is 6.54 Å². The second kappa shape index (κ2) is 9.03. The molecule has 1 atom stereocenters. The van der Waals surface area contributed by atoms with Crippen LogP contribution in [0.4, 0.5) is 0 Å². The third-order valence-corrected chi connectivity index (χ3v) is 6.52. The van der Waals surface area contributed by atoms with E-state index in [4.69, 9.17) is 0 Å². The summed E-state index contributed by atoms with van der Waals surface area (Å²) >= 11 is 0. The fourth-order valence-corrected chi connectivity index (χ4v) is 4.68. The average Bonchev–Trinajstić information content (AvgIpc) is 2.80. The maximum Gasteiger partial charge on any atom is 0.254 e. The average molecular weight is 432 g/mol. The van der Waals surface area contributed by atoms with E-state index < -0.39 is 0 Å². The van der Waals surface area contributed by atoms with Gasteiger partial charge in [-0.1, -0.05) is 51.3 Å². The predicted octanol–water partition coefficient (Wildman–Crippen LogP) is 5.65. The molecule has 32 heavy (non-hydrogen) atoms. The molecule has 1 unspecified atom stereocenters. The van der Waals surface area contributed by atoms with Crippen molar-refractivity contribution in [3.8, 4) is 11.5 Å². The van der Waals surface area contributed by atoms with E-state index in [1.165, 1.54) is 12.1 Å². The summed E-state index contributed by atoms with van der Waals surface area (Å²) < 4.78 is 0. The predicted molar refractivity (Wildman–Crippen MR) is 125 cm³/mol. The highest BCUT2D eigenvalue weighted by atomic mass is 16.3. The number of carbonyl (C=O) groups is 2. The highest BCUT2D eigenvalue weighted by molar-refractivity contribution is 6.22. The molecule has 0 fully saturated rings. The number of amides is 1. The maximum absolute atomic E-state index is 13.4. The molecule has 1 aliphatic rings. The second-order valence-electron chi connectivity index (χ2n) is 8.60. The molecule has 1 aliphatic heterocycles. The molecule has 0 bridgehead atoms. The van der Waals surface area contributed by atoms with Crippen molar-refractivity contribution in [2.24, 2.45) is 5.92 Å². The van der Waals surface area contributed by atoms with E-state index in [0.29, 0.717) is 35.3 Å². The van der Waals surface area contributed by atoms with Crippen LogP contribution in [0, 0.1) is 5.92 Å². The summed E-state index contributed by atoms with van der Waals surface area (Å²) in [5.41, 5.74) is 1.87. The van der Waals surface area contributed by atoms with Gasteiger partial charge < -0.3 is 15.1 Å². The Balaban J connectivity index is 1.77. The number of benzene rings is 3. The lowest BCUT2D eigenvalue weighted by Crippen LogP contribution is -2.37. The molecule has 166 valence electrons. The fraction of sp³-hybridized carbons (Fsp3) is 0.333. The van der Waals surface area contributed by atoms with Crippen molar-refractivity contribution in [2.75, 3.05) is 6.54 Å². The van der Waals surface area contributed by atoms with Crippen molar-refractivity contribution in [3.05, 3.63) is 70.8 Å². The van der Waals surface area contributed by atoms with Crippen LogP contribution in [0.2, 0.25) is 0 Å². The van der Waals surface area contributed by atoms with Gasteiger partial charge in [-0.2, -0.15) is 0 Å². The third-order valence-electron chi connectivity index (χ3n) is 6.52. The molecule has 2 N–H and O–H groups in total. The van der Waals surface area contributed by atoms with Gasteiger partial charge in [0.15, 0.2) is 5.78 Å². The Kier molecular flexibility index (Phi) is 6.17. The largest absolute Gasteiger partial charge is 0.507 e. The van der Waals surface area contributed by atoms with Gasteiger partial charge in [0.05, 0.1) is 5.56 Å². The second-order valence-corrected chi connectivity index (χ2v) is 8.60. The fourth-order valence-electron chi connectivity index (χ4n) is 4.68. The van der Waals surface area contributed by atoms with Crippen LogP contribution < -0.4 is 0 Å². The lowest BCUT2D eigenvalue weighted by atomic mass is 9.88. The first-order chi connectivity index (χ1) is 15.5. The Labute approximate surface area is 188 Å². The Morgan fingerprint density at radius 3 is 2.47 bits per heavy atom. The number of ketones is 1. The number of hydrogen-bond donors (Lipinski definition) is 2. The standard InChI is InChI=1S/C27H29NO4/c1-3-5-8-17(4-2)15-28-16-18-11-12-20(26(31)19-9-6-7-10-22(19)29)25-23(30)14-13-21(24(18)25)27(28)32/h6-7,9-14,17,29-30H,3-5,8,15-16H2,1-2H3. The highest BCUT2D eigenvalue weighted by Gasteiger charge is 2.30. The number of rotatable bonds is 8. The van der Waals surface area contributed by atoms with Crippen molar-refractivity contribution < 1.29 is 19.8 Å². The van der Waals surface area contributed by atoms with Crippen LogP contribution in [-0.4, -0.2) is 33.3 Å². The van der Waals surface area contributed by atoms with Crippen molar-refractivity contribution in [1.29, 1.82) is 0 Å². The van der Waals surface area contributed by atoms with Crippen LogP contribution in [0.3, 0.4) is 0 Å². The Morgan fingerprint density at radius 1 is 0.969 bits per heavy atom. The van der Waals surface area contributed by atoms with E-state index in [2.05, 4.69) is 13.8 Å². The number of carbonyl (C=O) groups excluding carboxylic acids is 2. The zero-order valence-corrected chi connectivity index (χ0v) is 18.6. The van der Waals surface area contributed by atoms with Gasteiger partial charge in [0, 0.05) is 35.0 Å². The topological polar surface area (TPSA) is 77.8 Å². The molecule has 0 radical (unpaired) electrons. The van der Waals surface area contributed by atoms with Gasteiger partial charge in [0.25, 0.3) is 5.91 Å². The van der Waals surface area contributed by atoms with Gasteiger partial charge in [-0.25, -0.2) is 0 Å². The summed E-state index contributed by atoms with van der Waals surface area (Å²) in [6.45, 7) is 5.50. The van der Waals surface area contributed by atoms with E-state index in [1.807, 2.05) is 11.0 Å². The quantitative estimate of drug-likeness (QED) is 0.452. The number of unbranched alkanes of at least 4 members (excludes halogenated alkanes) is 1. The number of para-hydroxylation sites is 1. The Bertz CT molecular complexity index is 1180. The number of phenolic OH excluding ortho intramolecular Hbond substituents is 2. The van der Waals surface area contributed by atoms with Gasteiger partial charge in [-0.15, -0.1) is 0 Å². The van der Waals surface area contributed by atoms with E-state index in [1.54, 1.807) is 30.3 Å². The minimum atomic E-state index is -0.386. The number of aromatic hydroxyl groups is 2. The van der Waals surface area contributed by atoms with Crippen LogP contribution in [0.1, 0.15) is 71.4 Å². The van der Waals surface area contributed by atoms with Crippen LogP contribution >= 0.6 is 0 Å². The van der Waals surface area contributed by atoms with E-state index in [9.17, 15) is 19.8 Å². The van der Waals surface area contributed by atoms with Crippen molar-refractivity contribution >= 4 is 22.5 Å². The molecule has 5 nitrogen and oxygen atoms in total. The molecular formula is C27H29NO4. The zero-order chi connectivity index (χ0) is 22.8. The van der Waals surface area contributed by atoms with Crippen LogP contribution in [0.25, 0.3) is 10.8 Å². The zero-order valence-electron chi connectivity index (χ0n) is 18.6. The smallest absolute Gasteiger partial charge is 0.254 e. The monoisotopic (exact) mass is 431 g/mol. The highest BCUT2D eigenvalue weighted by Crippen LogP contribution is 2.39. The molecule has 1 amide bonds. The molecule has 0 saturated heterocycles. The molecule has 4 rings (SSSR count). The molecular weight excluding hydrogens is 402 g/mol. The van der Waals surface area contributed by atoms with Gasteiger partial charge in [0.1, 0.15) is 11.5 Å². The molecule has 0 saturated carbocycles. The van der Waals surface area contributed by atoms with E-state index >= 15 is 0 Å². The van der Waals surface area contributed by atoms with Gasteiger partial charge in [0.2, 0.25) is 0 Å². The van der Waals surface area contributed by atoms with Crippen molar-refractivity contribution in [1.82, 2.24) is 4.90 Å². The molecule has 0 aliphatic carbocycles. The number of phenols is 2. The summed E-state index contributed by atoms with van der Waals surface area (Å²) in [6, 6.07) is 13.0. The minimum absolute atomic E-state index is 0.0417. The molecule has 0 aromatic heterocycles. The first-order valence-electron chi connectivity index (χ1n) is 11.4. The Morgan fingerprint density at radius 2 is 1.75 bits per heavy atom. The summed E-state index contributed by atoms with van der Waals surface area (Å²) in [5, 5.41) is 21.8. The lowest BCUT2D eigenvalue weighted by Gasteiger charge is -2.32. The molecule has 3 aromatic carbocycles. The number of nitrogens with zero attached hydrogens (tertiary/aromatic N) is 1. The third kappa shape index (κ3) is 3.83. The first-order valence-corrected chi connectivity index (χ1v) is 11.4. The summed E-state index contributed by atoms with van der Waals surface area (Å²) in [6.07, 6.45) is 4.41. The lowest BCUT2D eigenvalue weighted by molar-refractivity contribution is 0.0702. The van der Waals surface area contributed by atoms with E-state index in [0.717, 1.165) is 31.2 Å². The SMILES string of the molecule is CCCCC(CC)CN1Cc2ccc(C(=O)c3ccccc3O)c3c(O)ccc(c23)C1=O. The molecule has 0 spiro atoms. The molecule has 5 heteroatoms. The van der Waals surface area contributed by atoms with E-state index in [-0.39, 0.29) is 34.3 Å². The summed E-state index contributed by atoms with van der Waals surface area (Å²) in [5.74, 6) is -0.153. The molecule has 3 aromatic rings. The minimum Gasteiger partial charge on any atom is -0.507 e. The summed E-state index contributed by atoms with van der Waals surface area (Å²) in [7, 11) is 0. The first kappa shape index (κ1) is 21.9. The normalized spacial score (nSPS) is 14.1. The van der Waals surface area contributed by atoms with Crippen molar-refractivity contribution in [3.63, 3.8) is 0 Å². The molecule has 1 heterocycles.